The molecule has 1 aromatic heterocycles. The molecule has 162 valence electrons. The maximum Gasteiger partial charge on any atom is 0.255 e. The first-order chi connectivity index (χ1) is 15.3. The Kier molecular flexibility index (Phi) is 4.44. The summed E-state index contributed by atoms with van der Waals surface area (Å²) in [7, 11) is 0. The van der Waals surface area contributed by atoms with Gasteiger partial charge >= 0.3 is 0 Å². The molecule has 1 saturated carbocycles. The first kappa shape index (κ1) is 20.0. The Morgan fingerprint density at radius 2 is 1.88 bits per heavy atom. The van der Waals surface area contributed by atoms with E-state index in [2.05, 4.69) is 15.3 Å². The van der Waals surface area contributed by atoms with Crippen LogP contribution in [0, 0.1) is 18.6 Å². The predicted molar refractivity (Wildman–Crippen MR) is 114 cm³/mol. The SMILES string of the molecule is Cc1ccc(NC(=O)c2cc(F)cc(F)c2)cc1N1Cc2cnc(N)nc2C2(CC2)C1=O. The van der Waals surface area contributed by atoms with Gasteiger partial charge in [0.1, 0.15) is 11.6 Å². The van der Waals surface area contributed by atoms with Gasteiger partial charge in [0.15, 0.2) is 0 Å². The number of nitrogens with zero attached hydrogens (tertiary/aromatic N) is 3. The van der Waals surface area contributed by atoms with Crippen molar-refractivity contribution in [3.8, 4) is 0 Å². The van der Waals surface area contributed by atoms with Gasteiger partial charge in [0, 0.05) is 34.8 Å². The fourth-order valence-corrected chi connectivity index (χ4v) is 4.19. The lowest BCUT2D eigenvalue weighted by Crippen LogP contribution is -2.45. The first-order valence-electron chi connectivity index (χ1n) is 10.1. The molecule has 2 aromatic carbocycles. The number of carbonyl (C=O) groups excluding carboxylic acids is 2. The van der Waals surface area contributed by atoms with Crippen LogP contribution in [0.15, 0.2) is 42.6 Å². The summed E-state index contributed by atoms with van der Waals surface area (Å²) in [5.41, 5.74) is 8.32. The third kappa shape index (κ3) is 3.26. The monoisotopic (exact) mass is 435 g/mol. The number of nitrogens with one attached hydrogen (secondary N) is 1. The van der Waals surface area contributed by atoms with Crippen LogP contribution in [0.2, 0.25) is 0 Å². The highest BCUT2D eigenvalue weighted by Crippen LogP contribution is 2.53. The fourth-order valence-electron chi connectivity index (χ4n) is 4.19. The van der Waals surface area contributed by atoms with E-state index >= 15 is 0 Å². The molecule has 3 aromatic rings. The maximum atomic E-state index is 13.5. The third-order valence-corrected chi connectivity index (χ3v) is 5.95. The number of nitrogen functional groups attached to an aromatic ring is 1. The number of amides is 2. The van der Waals surface area contributed by atoms with Gasteiger partial charge in [-0.05, 0) is 49.6 Å². The molecule has 0 radical (unpaired) electrons. The first-order valence-corrected chi connectivity index (χ1v) is 10.1. The standard InChI is InChI=1S/C23H19F2N5O2/c1-12-2-3-17(28-20(31)13-6-15(24)8-16(25)7-13)9-18(12)30-11-14-10-27-22(26)29-19(14)23(4-5-23)21(30)32/h2-3,6-10H,4-5,11H2,1H3,(H,28,31)(H2,26,27,29). The van der Waals surface area contributed by atoms with Gasteiger partial charge in [-0.25, -0.2) is 18.7 Å². The number of hydrogen-bond donors (Lipinski definition) is 2. The number of aryl methyl sites for hydroxylation is 1. The Bertz CT molecular complexity index is 1270. The predicted octanol–water partition coefficient (Wildman–Crippen LogP) is 3.48. The topological polar surface area (TPSA) is 101 Å². The van der Waals surface area contributed by atoms with Crippen molar-refractivity contribution >= 4 is 29.1 Å². The second kappa shape index (κ2) is 7.08. The number of benzene rings is 2. The molecule has 1 fully saturated rings. The summed E-state index contributed by atoms with van der Waals surface area (Å²) in [6, 6.07) is 7.75. The molecule has 1 spiro atoms. The van der Waals surface area contributed by atoms with Crippen molar-refractivity contribution in [2.75, 3.05) is 16.0 Å². The van der Waals surface area contributed by atoms with Crippen LogP contribution in [-0.4, -0.2) is 21.8 Å². The molecule has 32 heavy (non-hydrogen) atoms. The van der Waals surface area contributed by atoms with Crippen molar-refractivity contribution in [1.29, 1.82) is 0 Å². The van der Waals surface area contributed by atoms with Crippen LogP contribution in [0.3, 0.4) is 0 Å². The van der Waals surface area contributed by atoms with Crippen molar-refractivity contribution < 1.29 is 18.4 Å². The van der Waals surface area contributed by atoms with E-state index < -0.39 is 23.0 Å². The number of rotatable bonds is 3. The third-order valence-electron chi connectivity index (χ3n) is 5.95. The summed E-state index contributed by atoms with van der Waals surface area (Å²) in [5.74, 6) is -2.26. The number of nitrogens with two attached hydrogens (primary N) is 1. The molecular weight excluding hydrogens is 416 g/mol. The molecule has 1 aliphatic carbocycles. The van der Waals surface area contributed by atoms with Crippen molar-refractivity contribution in [2.24, 2.45) is 0 Å². The molecule has 0 saturated heterocycles. The Labute approximate surface area is 182 Å². The van der Waals surface area contributed by atoms with Gasteiger partial charge in [-0.3, -0.25) is 9.59 Å². The highest BCUT2D eigenvalue weighted by molar-refractivity contribution is 6.07. The minimum Gasteiger partial charge on any atom is -0.368 e. The number of hydrogen-bond acceptors (Lipinski definition) is 5. The van der Waals surface area contributed by atoms with E-state index in [0.29, 0.717) is 36.0 Å². The second-order valence-corrected chi connectivity index (χ2v) is 8.19. The molecule has 0 unspecified atom stereocenters. The minimum atomic E-state index is -0.838. The molecule has 2 amide bonds. The van der Waals surface area contributed by atoms with E-state index in [4.69, 9.17) is 5.73 Å². The Morgan fingerprint density at radius 3 is 2.56 bits per heavy atom. The average molecular weight is 435 g/mol. The summed E-state index contributed by atoms with van der Waals surface area (Å²) in [6.07, 6.45) is 3.02. The van der Waals surface area contributed by atoms with E-state index in [-0.39, 0.29) is 24.0 Å². The van der Waals surface area contributed by atoms with Crippen molar-refractivity contribution in [3.63, 3.8) is 0 Å². The van der Waals surface area contributed by atoms with E-state index in [1.807, 2.05) is 6.92 Å². The summed E-state index contributed by atoms with van der Waals surface area (Å²) >= 11 is 0. The molecular formula is C23H19F2N5O2. The highest BCUT2D eigenvalue weighted by Gasteiger charge is 2.58. The van der Waals surface area contributed by atoms with Crippen molar-refractivity contribution in [2.45, 2.75) is 31.7 Å². The number of fused-ring (bicyclic) bond motifs is 2. The maximum absolute atomic E-state index is 13.5. The quantitative estimate of drug-likeness (QED) is 0.656. The second-order valence-electron chi connectivity index (χ2n) is 8.19. The largest absolute Gasteiger partial charge is 0.368 e. The van der Waals surface area contributed by atoms with Crippen molar-refractivity contribution in [1.82, 2.24) is 9.97 Å². The van der Waals surface area contributed by atoms with Gasteiger partial charge in [-0.15, -0.1) is 0 Å². The van der Waals surface area contributed by atoms with E-state index in [1.165, 1.54) is 0 Å². The van der Waals surface area contributed by atoms with Crippen LogP contribution in [0.25, 0.3) is 0 Å². The normalized spacial score (nSPS) is 16.1. The molecule has 2 aliphatic rings. The van der Waals surface area contributed by atoms with Crippen LogP contribution in [0.4, 0.5) is 26.1 Å². The lowest BCUT2D eigenvalue weighted by Gasteiger charge is -2.34. The van der Waals surface area contributed by atoms with E-state index in [1.54, 1.807) is 29.3 Å². The number of halogens is 2. The van der Waals surface area contributed by atoms with Crippen LogP contribution in [0.1, 0.15) is 40.0 Å². The summed E-state index contributed by atoms with van der Waals surface area (Å²) in [6.45, 7) is 2.15. The molecule has 0 bridgehead atoms. The summed E-state index contributed by atoms with van der Waals surface area (Å²) < 4.78 is 26.9. The number of anilines is 3. The summed E-state index contributed by atoms with van der Waals surface area (Å²) in [4.78, 5) is 36.0. The van der Waals surface area contributed by atoms with Crippen LogP contribution < -0.4 is 16.0 Å². The van der Waals surface area contributed by atoms with Gasteiger partial charge in [0.2, 0.25) is 11.9 Å². The fraction of sp³-hybridized carbons (Fsp3) is 0.217. The zero-order chi connectivity index (χ0) is 22.6. The zero-order valence-corrected chi connectivity index (χ0v) is 17.2. The Morgan fingerprint density at radius 1 is 1.16 bits per heavy atom. The lowest BCUT2D eigenvalue weighted by atomic mass is 9.91. The van der Waals surface area contributed by atoms with Gasteiger partial charge in [0.25, 0.3) is 5.91 Å². The van der Waals surface area contributed by atoms with Gasteiger partial charge in [-0.1, -0.05) is 6.07 Å². The van der Waals surface area contributed by atoms with Gasteiger partial charge in [-0.2, -0.15) is 0 Å². The van der Waals surface area contributed by atoms with Gasteiger partial charge < -0.3 is 16.0 Å². The minimum absolute atomic E-state index is 0.0677. The molecule has 3 N–H and O–H groups in total. The smallest absolute Gasteiger partial charge is 0.255 e. The zero-order valence-electron chi connectivity index (χ0n) is 17.2. The van der Waals surface area contributed by atoms with Crippen LogP contribution >= 0.6 is 0 Å². The van der Waals surface area contributed by atoms with E-state index in [9.17, 15) is 18.4 Å². The molecule has 0 atom stereocenters. The van der Waals surface area contributed by atoms with Crippen LogP contribution in [-0.2, 0) is 16.8 Å². The van der Waals surface area contributed by atoms with Crippen molar-refractivity contribution in [3.05, 3.63) is 76.6 Å². The molecule has 5 rings (SSSR count). The summed E-state index contributed by atoms with van der Waals surface area (Å²) in [5, 5.41) is 2.65. The molecule has 2 heterocycles. The lowest BCUT2D eigenvalue weighted by molar-refractivity contribution is -0.121. The van der Waals surface area contributed by atoms with E-state index in [0.717, 1.165) is 23.3 Å². The highest BCUT2D eigenvalue weighted by atomic mass is 19.1. The molecule has 1 aliphatic heterocycles. The average Bonchev–Trinajstić information content (AvgIpc) is 3.54. The number of carbonyl (C=O) groups is 2. The van der Waals surface area contributed by atoms with Crippen LogP contribution in [0.5, 0.6) is 0 Å². The number of aromatic nitrogens is 2. The molecule has 7 nitrogen and oxygen atoms in total. The molecule has 9 heteroatoms. The van der Waals surface area contributed by atoms with Gasteiger partial charge in [0.05, 0.1) is 17.7 Å². The Hall–Kier alpha value is -3.88. The Balaban J connectivity index is 1.47.